The second-order valence-corrected chi connectivity index (χ2v) is 5.47. The number of carbonyl (C=O) groups excluding carboxylic acids is 2. The first-order chi connectivity index (χ1) is 10.6. The first-order valence-corrected chi connectivity index (χ1v) is 7.21. The summed E-state index contributed by atoms with van der Waals surface area (Å²) in [7, 11) is 0. The molecule has 22 heavy (non-hydrogen) atoms. The van der Waals surface area contributed by atoms with E-state index in [0.29, 0.717) is 12.2 Å². The van der Waals surface area contributed by atoms with Crippen LogP contribution in [0, 0.1) is 12.8 Å². The lowest BCUT2D eigenvalue weighted by Gasteiger charge is -2.17. The number of hydrogen-bond donors (Lipinski definition) is 1. The molecule has 2 amide bonds. The predicted molar refractivity (Wildman–Crippen MR) is 84.5 cm³/mol. The number of nitrogens with one attached hydrogen (secondary N) is 1. The molecule has 1 atom stereocenters. The van der Waals surface area contributed by atoms with Gasteiger partial charge in [-0.2, -0.15) is 0 Å². The number of pyridine rings is 1. The van der Waals surface area contributed by atoms with E-state index in [1.165, 1.54) is 0 Å². The number of aryl methyl sites for hydroxylation is 1. The molecular weight excluding hydrogens is 278 g/mol. The van der Waals surface area contributed by atoms with Gasteiger partial charge in [0.2, 0.25) is 11.8 Å². The van der Waals surface area contributed by atoms with Crippen molar-refractivity contribution in [2.24, 2.45) is 5.92 Å². The largest absolute Gasteiger partial charge is 0.326 e. The Hall–Kier alpha value is -2.69. The van der Waals surface area contributed by atoms with Crippen molar-refractivity contribution >= 4 is 23.2 Å². The fourth-order valence-electron chi connectivity index (χ4n) is 2.54. The summed E-state index contributed by atoms with van der Waals surface area (Å²) in [5.74, 6) is -0.477. The molecule has 0 bridgehead atoms. The smallest absolute Gasteiger partial charge is 0.229 e. The van der Waals surface area contributed by atoms with E-state index in [1.807, 2.05) is 31.2 Å². The Kier molecular flexibility index (Phi) is 3.87. The third-order valence-corrected chi connectivity index (χ3v) is 3.79. The van der Waals surface area contributed by atoms with Crippen molar-refractivity contribution in [2.45, 2.75) is 13.3 Å². The molecule has 0 radical (unpaired) electrons. The van der Waals surface area contributed by atoms with Gasteiger partial charge in [-0.3, -0.25) is 14.6 Å². The van der Waals surface area contributed by atoms with Gasteiger partial charge in [0, 0.05) is 36.7 Å². The third-order valence-electron chi connectivity index (χ3n) is 3.79. The van der Waals surface area contributed by atoms with Crippen LogP contribution in [-0.4, -0.2) is 23.3 Å². The van der Waals surface area contributed by atoms with Crippen LogP contribution in [0.1, 0.15) is 12.0 Å². The number of benzene rings is 1. The highest BCUT2D eigenvalue weighted by atomic mass is 16.2. The monoisotopic (exact) mass is 295 g/mol. The van der Waals surface area contributed by atoms with Crippen LogP contribution in [0.5, 0.6) is 0 Å². The Morgan fingerprint density at radius 2 is 1.86 bits per heavy atom. The highest BCUT2D eigenvalue weighted by Gasteiger charge is 2.35. The van der Waals surface area contributed by atoms with Crippen molar-refractivity contribution in [2.75, 3.05) is 16.8 Å². The van der Waals surface area contributed by atoms with Gasteiger partial charge in [-0.15, -0.1) is 0 Å². The van der Waals surface area contributed by atoms with E-state index in [1.54, 1.807) is 29.4 Å². The minimum Gasteiger partial charge on any atom is -0.326 e. The average molecular weight is 295 g/mol. The molecular formula is C17H17N3O2. The molecule has 5 heteroatoms. The van der Waals surface area contributed by atoms with Gasteiger partial charge in [-0.05, 0) is 31.2 Å². The summed E-state index contributed by atoms with van der Waals surface area (Å²) in [6, 6.07) is 11.2. The fraction of sp³-hybridized carbons (Fsp3) is 0.235. The molecule has 1 fully saturated rings. The van der Waals surface area contributed by atoms with Crippen LogP contribution < -0.4 is 10.2 Å². The normalized spacial score (nSPS) is 17.6. The molecule has 1 aliphatic heterocycles. The summed E-state index contributed by atoms with van der Waals surface area (Å²) in [6.07, 6.45) is 3.48. The van der Waals surface area contributed by atoms with Gasteiger partial charge < -0.3 is 10.2 Å². The number of rotatable bonds is 3. The molecule has 0 aliphatic carbocycles. The quantitative estimate of drug-likeness (QED) is 0.945. The van der Waals surface area contributed by atoms with Crippen molar-refractivity contribution in [3.8, 4) is 0 Å². The number of nitrogens with zero attached hydrogens (tertiary/aromatic N) is 2. The topological polar surface area (TPSA) is 62.3 Å². The van der Waals surface area contributed by atoms with Crippen LogP contribution in [0.25, 0.3) is 0 Å². The van der Waals surface area contributed by atoms with E-state index in [2.05, 4.69) is 10.3 Å². The molecule has 2 heterocycles. The number of hydrogen-bond acceptors (Lipinski definition) is 3. The second kappa shape index (κ2) is 5.97. The van der Waals surface area contributed by atoms with Crippen molar-refractivity contribution in [3.05, 3.63) is 54.4 Å². The first kappa shape index (κ1) is 14.3. The summed E-state index contributed by atoms with van der Waals surface area (Å²) in [6.45, 7) is 2.42. The summed E-state index contributed by atoms with van der Waals surface area (Å²) in [4.78, 5) is 30.0. The van der Waals surface area contributed by atoms with Gasteiger partial charge in [0.1, 0.15) is 0 Å². The lowest BCUT2D eigenvalue weighted by atomic mass is 10.1. The van der Waals surface area contributed by atoms with Gasteiger partial charge in [0.05, 0.1) is 5.92 Å². The van der Waals surface area contributed by atoms with Crippen molar-refractivity contribution in [1.29, 1.82) is 0 Å². The molecule has 1 saturated heterocycles. The lowest BCUT2D eigenvalue weighted by molar-refractivity contribution is -0.122. The highest BCUT2D eigenvalue weighted by molar-refractivity contribution is 6.03. The molecule has 0 unspecified atom stereocenters. The Morgan fingerprint density at radius 3 is 2.55 bits per heavy atom. The van der Waals surface area contributed by atoms with E-state index in [0.717, 1.165) is 11.3 Å². The van der Waals surface area contributed by atoms with Crippen molar-refractivity contribution in [1.82, 2.24) is 4.98 Å². The summed E-state index contributed by atoms with van der Waals surface area (Å²) >= 11 is 0. The van der Waals surface area contributed by atoms with E-state index < -0.39 is 0 Å². The van der Waals surface area contributed by atoms with Crippen LogP contribution in [-0.2, 0) is 9.59 Å². The highest BCUT2D eigenvalue weighted by Crippen LogP contribution is 2.26. The molecule has 1 N–H and O–H groups in total. The first-order valence-electron chi connectivity index (χ1n) is 7.21. The van der Waals surface area contributed by atoms with E-state index in [4.69, 9.17) is 0 Å². The van der Waals surface area contributed by atoms with Crippen molar-refractivity contribution < 1.29 is 9.59 Å². The van der Waals surface area contributed by atoms with Gasteiger partial charge in [-0.25, -0.2) is 0 Å². The molecule has 1 aromatic heterocycles. The minimum absolute atomic E-state index is 0.0151. The second-order valence-electron chi connectivity index (χ2n) is 5.47. The summed E-state index contributed by atoms with van der Waals surface area (Å²) < 4.78 is 0. The zero-order valence-corrected chi connectivity index (χ0v) is 12.3. The molecule has 0 saturated carbocycles. The number of carbonyl (C=O) groups is 2. The number of amides is 2. The van der Waals surface area contributed by atoms with Crippen LogP contribution >= 0.6 is 0 Å². The molecule has 1 aliphatic rings. The van der Waals surface area contributed by atoms with Gasteiger partial charge in [0.25, 0.3) is 0 Å². The Morgan fingerprint density at radius 1 is 1.18 bits per heavy atom. The molecule has 1 aromatic carbocycles. The summed E-state index contributed by atoms with van der Waals surface area (Å²) in [5.41, 5.74) is 2.68. The van der Waals surface area contributed by atoms with Gasteiger partial charge in [0.15, 0.2) is 0 Å². The zero-order valence-electron chi connectivity index (χ0n) is 12.3. The van der Waals surface area contributed by atoms with Crippen LogP contribution in [0.4, 0.5) is 11.4 Å². The molecule has 0 spiro atoms. The number of aromatic nitrogens is 1. The molecule has 112 valence electrons. The maximum absolute atomic E-state index is 12.3. The Labute approximate surface area is 129 Å². The predicted octanol–water partition coefficient (Wildman–Crippen LogP) is 2.38. The Bertz CT molecular complexity index is 683. The maximum atomic E-state index is 12.3. The lowest BCUT2D eigenvalue weighted by Crippen LogP contribution is -2.28. The van der Waals surface area contributed by atoms with Crippen LogP contribution in [0.2, 0.25) is 0 Å². The summed E-state index contributed by atoms with van der Waals surface area (Å²) in [5, 5.41) is 2.83. The van der Waals surface area contributed by atoms with E-state index >= 15 is 0 Å². The van der Waals surface area contributed by atoms with Crippen LogP contribution in [0.15, 0.2) is 48.8 Å². The molecule has 3 rings (SSSR count). The fourth-order valence-corrected chi connectivity index (χ4v) is 2.54. The molecule has 5 nitrogen and oxygen atoms in total. The zero-order chi connectivity index (χ0) is 15.5. The SMILES string of the molecule is Cc1ccc(N2C[C@@H](C(=O)Nc3ccncc3)CC2=O)cc1. The maximum Gasteiger partial charge on any atom is 0.229 e. The van der Waals surface area contributed by atoms with Gasteiger partial charge in [-0.1, -0.05) is 17.7 Å². The molecule has 2 aromatic rings. The third kappa shape index (κ3) is 2.98. The van der Waals surface area contributed by atoms with E-state index in [-0.39, 0.29) is 24.2 Å². The number of anilines is 2. The van der Waals surface area contributed by atoms with E-state index in [9.17, 15) is 9.59 Å². The van der Waals surface area contributed by atoms with Crippen LogP contribution in [0.3, 0.4) is 0 Å². The Balaban J connectivity index is 1.69. The minimum atomic E-state index is -0.332. The standard InChI is InChI=1S/C17H17N3O2/c1-12-2-4-15(5-3-12)20-11-13(10-16(20)21)17(22)19-14-6-8-18-9-7-14/h2-9,13H,10-11H2,1H3,(H,18,19,22)/t13-/m0/s1. The average Bonchev–Trinajstić information content (AvgIpc) is 2.91. The van der Waals surface area contributed by atoms with Crippen molar-refractivity contribution in [3.63, 3.8) is 0 Å². The van der Waals surface area contributed by atoms with Gasteiger partial charge >= 0.3 is 0 Å².